The van der Waals surface area contributed by atoms with Gasteiger partial charge < -0.3 is 18.3 Å². The number of furan rings is 2. The Bertz CT molecular complexity index is 3110. The minimum Gasteiger partial charge on any atom is -0.456 e. The molecule has 0 unspecified atom stereocenters. The standard InChI is InChI=1S/C46H28N2O2/c1-2-12-30(13-3-1)48-39-18-8-6-15-34(39)37-27-31(22-24-40(37)48)47(32-23-26-43-38(28-32)35-16-7-9-20-42(35)49-43)41-19-10-17-36-45-33-14-5-4-11-29(33)21-25-44(45)50-46(36)41/h1-28H. The number of fused-ring (bicyclic) bond motifs is 11. The molecule has 50 heavy (non-hydrogen) atoms. The Morgan fingerprint density at radius 1 is 0.400 bits per heavy atom. The lowest BCUT2D eigenvalue weighted by Gasteiger charge is -2.26. The first kappa shape index (κ1) is 27.2. The minimum absolute atomic E-state index is 0.850. The second-order valence-electron chi connectivity index (χ2n) is 12.9. The van der Waals surface area contributed by atoms with Crippen LogP contribution in [0.2, 0.25) is 0 Å². The van der Waals surface area contributed by atoms with Gasteiger partial charge in [0.2, 0.25) is 0 Å². The number of hydrogen-bond donors (Lipinski definition) is 0. The molecule has 0 aliphatic carbocycles. The molecule has 0 bridgehead atoms. The van der Waals surface area contributed by atoms with Gasteiger partial charge >= 0.3 is 0 Å². The highest BCUT2D eigenvalue weighted by atomic mass is 16.3. The van der Waals surface area contributed by atoms with Crippen molar-refractivity contribution in [1.82, 2.24) is 4.57 Å². The third-order valence-corrected chi connectivity index (χ3v) is 10.2. The summed E-state index contributed by atoms with van der Waals surface area (Å²) in [5.41, 5.74) is 9.98. The Balaban J connectivity index is 1.22. The van der Waals surface area contributed by atoms with Crippen LogP contribution in [0.5, 0.6) is 0 Å². The maximum atomic E-state index is 6.81. The topological polar surface area (TPSA) is 34.5 Å². The fraction of sp³-hybridized carbons (Fsp3) is 0. The van der Waals surface area contributed by atoms with Crippen LogP contribution in [0.15, 0.2) is 179 Å². The Hall–Kier alpha value is -6.78. The van der Waals surface area contributed by atoms with Gasteiger partial charge in [-0.1, -0.05) is 97.1 Å². The molecule has 0 N–H and O–H groups in total. The number of aromatic nitrogens is 1. The van der Waals surface area contributed by atoms with Crippen LogP contribution in [0.1, 0.15) is 0 Å². The second kappa shape index (κ2) is 10.4. The summed E-state index contributed by atoms with van der Waals surface area (Å²) < 4.78 is 15.4. The van der Waals surface area contributed by atoms with Crippen molar-refractivity contribution in [3.05, 3.63) is 170 Å². The molecule has 0 fully saturated rings. The molecule has 3 aromatic heterocycles. The zero-order valence-corrected chi connectivity index (χ0v) is 26.9. The Morgan fingerprint density at radius 2 is 1.06 bits per heavy atom. The molecular formula is C46H28N2O2. The van der Waals surface area contributed by atoms with E-state index in [1.165, 1.54) is 27.1 Å². The maximum Gasteiger partial charge on any atom is 0.159 e. The first-order valence-electron chi connectivity index (χ1n) is 16.9. The number of rotatable bonds is 4. The van der Waals surface area contributed by atoms with Crippen molar-refractivity contribution in [2.45, 2.75) is 0 Å². The first-order chi connectivity index (χ1) is 24.8. The van der Waals surface area contributed by atoms with Gasteiger partial charge in [0.1, 0.15) is 16.7 Å². The third kappa shape index (κ3) is 3.87. The van der Waals surface area contributed by atoms with Gasteiger partial charge in [-0.15, -0.1) is 0 Å². The lowest BCUT2D eigenvalue weighted by atomic mass is 10.0. The molecule has 11 aromatic rings. The molecule has 234 valence electrons. The van der Waals surface area contributed by atoms with Crippen LogP contribution >= 0.6 is 0 Å². The van der Waals surface area contributed by atoms with Crippen LogP contribution in [0, 0.1) is 0 Å². The predicted molar refractivity (Wildman–Crippen MR) is 208 cm³/mol. The quantitative estimate of drug-likeness (QED) is 0.192. The molecule has 0 atom stereocenters. The van der Waals surface area contributed by atoms with Crippen LogP contribution in [0.25, 0.3) is 82.1 Å². The fourth-order valence-electron chi connectivity index (χ4n) is 7.97. The molecule has 11 rings (SSSR count). The molecule has 8 aromatic carbocycles. The van der Waals surface area contributed by atoms with Gasteiger partial charge in [-0.25, -0.2) is 0 Å². The Labute approximate surface area is 286 Å². The van der Waals surface area contributed by atoms with E-state index in [1.807, 2.05) is 12.1 Å². The van der Waals surface area contributed by atoms with E-state index in [-0.39, 0.29) is 0 Å². The molecule has 0 saturated carbocycles. The average Bonchev–Trinajstić information content (AvgIpc) is 3.85. The summed E-state index contributed by atoms with van der Waals surface area (Å²) in [5.74, 6) is 0. The van der Waals surface area contributed by atoms with Gasteiger partial charge in [0.05, 0.1) is 16.7 Å². The van der Waals surface area contributed by atoms with E-state index in [9.17, 15) is 0 Å². The SMILES string of the molecule is c1ccc(-n2c3ccccc3c3cc(N(c4ccc5oc6ccccc6c5c4)c4cccc5c4oc4ccc6ccccc6c45)ccc32)cc1. The zero-order valence-electron chi connectivity index (χ0n) is 26.9. The molecule has 0 radical (unpaired) electrons. The summed E-state index contributed by atoms with van der Waals surface area (Å²) in [6.07, 6.45) is 0. The smallest absolute Gasteiger partial charge is 0.159 e. The highest BCUT2D eigenvalue weighted by Gasteiger charge is 2.23. The molecule has 4 heteroatoms. The largest absolute Gasteiger partial charge is 0.456 e. The van der Waals surface area contributed by atoms with E-state index in [4.69, 9.17) is 8.83 Å². The first-order valence-corrected chi connectivity index (χ1v) is 16.9. The van der Waals surface area contributed by atoms with Gasteiger partial charge in [-0.3, -0.25) is 0 Å². The van der Waals surface area contributed by atoms with Gasteiger partial charge in [-0.2, -0.15) is 0 Å². The van der Waals surface area contributed by atoms with Crippen LogP contribution in [-0.4, -0.2) is 4.57 Å². The van der Waals surface area contributed by atoms with Crippen molar-refractivity contribution in [3.8, 4) is 5.69 Å². The predicted octanol–water partition coefficient (Wildman–Crippen LogP) is 13.2. The minimum atomic E-state index is 0.850. The third-order valence-electron chi connectivity index (χ3n) is 10.2. The van der Waals surface area contributed by atoms with Gasteiger partial charge in [0, 0.05) is 49.4 Å². The molecular weight excluding hydrogens is 613 g/mol. The molecule has 3 heterocycles. The summed E-state index contributed by atoms with van der Waals surface area (Å²) in [7, 11) is 0. The number of para-hydroxylation sites is 4. The number of benzene rings is 8. The average molecular weight is 641 g/mol. The van der Waals surface area contributed by atoms with Gasteiger partial charge in [-0.05, 0) is 83.6 Å². The lowest BCUT2D eigenvalue weighted by Crippen LogP contribution is -2.10. The Morgan fingerprint density at radius 3 is 1.96 bits per heavy atom. The summed E-state index contributed by atoms with van der Waals surface area (Å²) in [4.78, 5) is 2.34. The maximum absolute atomic E-state index is 6.81. The summed E-state index contributed by atoms with van der Waals surface area (Å²) in [6.45, 7) is 0. The molecule has 0 saturated heterocycles. The summed E-state index contributed by atoms with van der Waals surface area (Å²) in [5, 5.41) is 9.18. The van der Waals surface area contributed by atoms with Crippen molar-refractivity contribution in [2.24, 2.45) is 0 Å². The van der Waals surface area contributed by atoms with Crippen LogP contribution < -0.4 is 4.90 Å². The molecule has 0 aliphatic heterocycles. The number of hydrogen-bond acceptors (Lipinski definition) is 3. The highest BCUT2D eigenvalue weighted by Crippen LogP contribution is 2.46. The second-order valence-corrected chi connectivity index (χ2v) is 12.9. The van der Waals surface area contributed by atoms with E-state index >= 15 is 0 Å². The number of nitrogens with zero attached hydrogens (tertiary/aromatic N) is 2. The monoisotopic (exact) mass is 640 g/mol. The Kier molecular flexibility index (Phi) is 5.63. The van der Waals surface area contributed by atoms with Gasteiger partial charge in [0.15, 0.2) is 5.58 Å². The van der Waals surface area contributed by atoms with Crippen molar-refractivity contribution in [1.29, 1.82) is 0 Å². The molecule has 0 amide bonds. The van der Waals surface area contributed by atoms with E-state index in [0.717, 1.165) is 72.1 Å². The summed E-state index contributed by atoms with van der Waals surface area (Å²) in [6, 6.07) is 60.1. The summed E-state index contributed by atoms with van der Waals surface area (Å²) >= 11 is 0. The lowest BCUT2D eigenvalue weighted by molar-refractivity contribution is 0.669. The van der Waals surface area contributed by atoms with E-state index in [1.54, 1.807) is 0 Å². The van der Waals surface area contributed by atoms with E-state index < -0.39 is 0 Å². The zero-order chi connectivity index (χ0) is 32.8. The van der Waals surface area contributed by atoms with Crippen LogP contribution in [0.3, 0.4) is 0 Å². The van der Waals surface area contributed by atoms with Gasteiger partial charge in [0.25, 0.3) is 0 Å². The fourth-order valence-corrected chi connectivity index (χ4v) is 7.97. The molecule has 4 nitrogen and oxygen atoms in total. The van der Waals surface area contributed by atoms with Crippen LogP contribution in [0.4, 0.5) is 17.1 Å². The van der Waals surface area contributed by atoms with E-state index in [2.05, 4.69) is 167 Å². The van der Waals surface area contributed by atoms with Crippen molar-refractivity contribution in [3.63, 3.8) is 0 Å². The van der Waals surface area contributed by atoms with Crippen molar-refractivity contribution >= 4 is 93.5 Å². The molecule has 0 spiro atoms. The van der Waals surface area contributed by atoms with Crippen molar-refractivity contribution < 1.29 is 8.83 Å². The number of anilines is 3. The highest BCUT2D eigenvalue weighted by molar-refractivity contribution is 6.21. The van der Waals surface area contributed by atoms with Crippen LogP contribution in [-0.2, 0) is 0 Å². The van der Waals surface area contributed by atoms with Crippen molar-refractivity contribution in [2.75, 3.05) is 4.90 Å². The molecule has 0 aliphatic rings. The normalized spacial score (nSPS) is 12.0. The van der Waals surface area contributed by atoms with E-state index in [0.29, 0.717) is 0 Å².